The van der Waals surface area contributed by atoms with E-state index in [1.54, 1.807) is 30.3 Å². The Morgan fingerprint density at radius 3 is 2.08 bits per heavy atom. The zero-order valence-electron chi connectivity index (χ0n) is 19.7. The smallest absolute Gasteiger partial charge is 0.368 e. The molecule has 3 aromatic rings. The van der Waals surface area contributed by atoms with Crippen LogP contribution in [0.5, 0.6) is 0 Å². The van der Waals surface area contributed by atoms with Crippen LogP contribution < -0.4 is 0 Å². The normalized spacial score (nSPS) is 16.6. The molecule has 0 spiro atoms. The second-order valence-electron chi connectivity index (χ2n) is 8.68. The lowest BCUT2D eigenvalue weighted by Gasteiger charge is -2.36. The molecule has 1 aliphatic rings. The van der Waals surface area contributed by atoms with Gasteiger partial charge in [0.05, 0.1) is 23.3 Å². The van der Waals surface area contributed by atoms with E-state index in [1.807, 2.05) is 12.1 Å². The fourth-order valence-electron chi connectivity index (χ4n) is 4.10. The molecule has 4 rings (SSSR count). The van der Waals surface area contributed by atoms with Crippen LogP contribution >= 0.6 is 23.2 Å². The van der Waals surface area contributed by atoms with E-state index in [2.05, 4.69) is 4.90 Å². The minimum Gasteiger partial charge on any atom is -0.368 e. The number of benzene rings is 3. The van der Waals surface area contributed by atoms with Gasteiger partial charge in [-0.05, 0) is 47.5 Å². The first-order valence-corrected chi connectivity index (χ1v) is 13.7. The van der Waals surface area contributed by atoms with Crippen LogP contribution in [0.15, 0.2) is 77.7 Å². The monoisotopic (exact) mass is 572 g/mol. The van der Waals surface area contributed by atoms with Gasteiger partial charge in [-0.25, -0.2) is 8.42 Å². The van der Waals surface area contributed by atoms with Crippen LogP contribution in [0.1, 0.15) is 22.8 Å². The Labute approximate surface area is 224 Å². The van der Waals surface area contributed by atoms with Crippen molar-refractivity contribution in [3.8, 4) is 0 Å². The molecular formula is C26H25Cl2F3N2O3S. The molecule has 1 fully saturated rings. The Morgan fingerprint density at radius 1 is 0.865 bits per heavy atom. The van der Waals surface area contributed by atoms with Gasteiger partial charge in [0, 0.05) is 37.7 Å². The zero-order valence-corrected chi connectivity index (χ0v) is 22.0. The number of nitrogens with zero attached hydrogens (tertiary/aromatic N) is 2. The van der Waals surface area contributed by atoms with E-state index in [9.17, 15) is 21.6 Å². The van der Waals surface area contributed by atoms with Crippen LogP contribution in [0.2, 0.25) is 10.0 Å². The summed E-state index contributed by atoms with van der Waals surface area (Å²) in [5, 5.41) is 0.757. The van der Waals surface area contributed by atoms with E-state index in [0.717, 1.165) is 17.7 Å². The Bertz CT molecular complexity index is 1300. The maximum atomic E-state index is 13.1. The largest absolute Gasteiger partial charge is 0.416 e. The number of piperazine rings is 1. The molecule has 37 heavy (non-hydrogen) atoms. The summed E-state index contributed by atoms with van der Waals surface area (Å²) in [6.07, 6.45) is -4.79. The number of halogens is 5. The molecule has 1 atom stereocenters. The number of alkyl halides is 3. The number of rotatable bonds is 8. The van der Waals surface area contributed by atoms with Crippen molar-refractivity contribution in [3.05, 3.63) is 99.5 Å². The van der Waals surface area contributed by atoms with Crippen LogP contribution in [0.4, 0.5) is 13.2 Å². The van der Waals surface area contributed by atoms with Gasteiger partial charge in [0.15, 0.2) is 0 Å². The molecule has 1 saturated heterocycles. The third-order valence-corrected chi connectivity index (χ3v) is 8.83. The fourth-order valence-corrected chi connectivity index (χ4v) is 6.14. The van der Waals surface area contributed by atoms with E-state index in [4.69, 9.17) is 27.9 Å². The summed E-state index contributed by atoms with van der Waals surface area (Å²) in [5.41, 5.74) is 0.764. The SMILES string of the molecule is O=S(=O)(c1ccccc1Cl)N1CCN(CC(OCc2ccc(C(F)(F)F)cc2)c2ccc(Cl)cc2)CC1. The maximum absolute atomic E-state index is 13.1. The summed E-state index contributed by atoms with van der Waals surface area (Å²) >= 11 is 12.2. The average molecular weight is 573 g/mol. The van der Waals surface area contributed by atoms with Crippen molar-refractivity contribution in [2.75, 3.05) is 32.7 Å². The molecule has 5 nitrogen and oxygen atoms in total. The van der Waals surface area contributed by atoms with E-state index in [1.165, 1.54) is 22.5 Å². The van der Waals surface area contributed by atoms with Crippen LogP contribution in [0.25, 0.3) is 0 Å². The van der Waals surface area contributed by atoms with Crippen LogP contribution in [0.3, 0.4) is 0 Å². The van der Waals surface area contributed by atoms with Crippen molar-refractivity contribution in [2.24, 2.45) is 0 Å². The standard InChI is InChI=1S/C26H25Cl2F3N2O3S/c27-22-11-7-20(8-12-22)24(36-18-19-5-9-21(10-6-19)26(29,30)31)17-32-13-15-33(16-14-32)37(34,35)25-4-2-1-3-23(25)28/h1-12,24H,13-18H2. The Morgan fingerprint density at radius 2 is 1.49 bits per heavy atom. The summed E-state index contributed by atoms with van der Waals surface area (Å²) in [6, 6.07) is 18.4. The van der Waals surface area contributed by atoms with E-state index in [-0.39, 0.29) is 16.5 Å². The number of hydrogen-bond acceptors (Lipinski definition) is 4. The molecule has 0 amide bonds. The number of sulfonamides is 1. The first-order valence-electron chi connectivity index (χ1n) is 11.5. The summed E-state index contributed by atoms with van der Waals surface area (Å²) < 4.78 is 72.3. The van der Waals surface area contributed by atoms with Gasteiger partial charge in [-0.3, -0.25) is 4.90 Å². The molecule has 0 saturated carbocycles. The van der Waals surface area contributed by atoms with Crippen LogP contribution in [0, 0.1) is 0 Å². The highest BCUT2D eigenvalue weighted by molar-refractivity contribution is 7.89. The summed E-state index contributed by atoms with van der Waals surface area (Å²) in [6.45, 7) is 2.14. The molecular weight excluding hydrogens is 548 g/mol. The van der Waals surface area contributed by atoms with Gasteiger partial charge in [0.1, 0.15) is 4.90 Å². The van der Waals surface area contributed by atoms with Crippen molar-refractivity contribution in [3.63, 3.8) is 0 Å². The van der Waals surface area contributed by atoms with Crippen LogP contribution in [-0.2, 0) is 27.5 Å². The van der Waals surface area contributed by atoms with Gasteiger partial charge in [0.2, 0.25) is 10.0 Å². The highest BCUT2D eigenvalue weighted by Crippen LogP contribution is 2.30. The first kappa shape index (κ1) is 27.9. The lowest BCUT2D eigenvalue weighted by atomic mass is 10.1. The molecule has 3 aromatic carbocycles. The zero-order chi connectivity index (χ0) is 26.6. The average Bonchev–Trinajstić information content (AvgIpc) is 2.87. The lowest BCUT2D eigenvalue weighted by molar-refractivity contribution is -0.137. The second kappa shape index (κ2) is 11.7. The van der Waals surface area contributed by atoms with Gasteiger partial charge in [-0.2, -0.15) is 17.5 Å². The van der Waals surface area contributed by atoms with Gasteiger partial charge in [-0.15, -0.1) is 0 Å². The molecule has 1 unspecified atom stereocenters. The van der Waals surface area contributed by atoms with Gasteiger partial charge in [-0.1, -0.05) is 59.6 Å². The molecule has 1 aliphatic heterocycles. The molecule has 198 valence electrons. The Kier molecular flexibility index (Phi) is 8.83. The number of ether oxygens (including phenoxy) is 1. The highest BCUT2D eigenvalue weighted by Gasteiger charge is 2.31. The second-order valence-corrected chi connectivity index (χ2v) is 11.4. The summed E-state index contributed by atoms with van der Waals surface area (Å²) in [7, 11) is -3.71. The molecule has 0 aliphatic carbocycles. The molecule has 1 heterocycles. The molecule has 0 bridgehead atoms. The molecule has 0 radical (unpaired) electrons. The minimum atomic E-state index is -4.40. The van der Waals surface area contributed by atoms with Crippen molar-refractivity contribution >= 4 is 33.2 Å². The third-order valence-electron chi connectivity index (χ3n) is 6.18. The number of hydrogen-bond donors (Lipinski definition) is 0. The van der Waals surface area contributed by atoms with Gasteiger partial charge < -0.3 is 4.74 Å². The summed E-state index contributed by atoms with van der Waals surface area (Å²) in [5.74, 6) is 0. The minimum absolute atomic E-state index is 0.0871. The van der Waals surface area contributed by atoms with Crippen molar-refractivity contribution in [1.82, 2.24) is 9.21 Å². The van der Waals surface area contributed by atoms with E-state index in [0.29, 0.717) is 43.3 Å². The van der Waals surface area contributed by atoms with Crippen molar-refractivity contribution < 1.29 is 26.3 Å². The molecule has 0 aromatic heterocycles. The molecule has 0 N–H and O–H groups in total. The Balaban J connectivity index is 1.42. The lowest BCUT2D eigenvalue weighted by Crippen LogP contribution is -2.49. The first-order chi connectivity index (χ1) is 17.5. The van der Waals surface area contributed by atoms with Crippen molar-refractivity contribution in [2.45, 2.75) is 23.8 Å². The highest BCUT2D eigenvalue weighted by atomic mass is 35.5. The Hall–Kier alpha value is -2.14. The van der Waals surface area contributed by atoms with Crippen molar-refractivity contribution in [1.29, 1.82) is 0 Å². The predicted molar refractivity (Wildman–Crippen MR) is 137 cm³/mol. The topological polar surface area (TPSA) is 49.9 Å². The van der Waals surface area contributed by atoms with E-state index < -0.39 is 27.9 Å². The predicted octanol–water partition coefficient (Wildman–Crippen LogP) is 6.28. The molecule has 11 heteroatoms. The summed E-state index contributed by atoms with van der Waals surface area (Å²) in [4.78, 5) is 2.19. The van der Waals surface area contributed by atoms with E-state index >= 15 is 0 Å². The fraction of sp³-hybridized carbons (Fsp3) is 0.308. The quantitative estimate of drug-likeness (QED) is 0.319. The van der Waals surface area contributed by atoms with Gasteiger partial charge in [0.25, 0.3) is 0 Å². The third kappa shape index (κ3) is 7.04. The van der Waals surface area contributed by atoms with Crippen LogP contribution in [-0.4, -0.2) is 50.3 Å². The van der Waals surface area contributed by atoms with Gasteiger partial charge >= 0.3 is 6.18 Å². The maximum Gasteiger partial charge on any atom is 0.416 e.